The number of aliphatic carboxylic acids is 1. The number of rotatable bonds is 4. The van der Waals surface area contributed by atoms with Crippen LogP contribution in [0.5, 0.6) is 0 Å². The van der Waals surface area contributed by atoms with E-state index in [0.717, 1.165) is 11.7 Å². The molecular weight excluding hydrogens is 208 g/mol. The van der Waals surface area contributed by atoms with E-state index in [4.69, 9.17) is 5.11 Å². The van der Waals surface area contributed by atoms with Gasteiger partial charge < -0.3 is 5.11 Å². The molecule has 3 aliphatic rings. The van der Waals surface area contributed by atoms with Gasteiger partial charge in [-0.05, 0) is 36.0 Å². The Morgan fingerprint density at radius 3 is 2.80 bits per heavy atom. The van der Waals surface area contributed by atoms with Crippen molar-refractivity contribution < 1.29 is 9.90 Å². The first kappa shape index (κ1) is 11.3. The highest BCUT2D eigenvalue weighted by Crippen LogP contribution is 2.68. The van der Waals surface area contributed by atoms with Crippen LogP contribution in [0.4, 0.5) is 0 Å². The van der Waals surface area contributed by atoms with Gasteiger partial charge >= 0.3 is 5.97 Å². The van der Waals surface area contributed by atoms with Crippen LogP contribution >= 0.6 is 11.8 Å². The van der Waals surface area contributed by atoms with Crippen molar-refractivity contribution in [2.24, 2.45) is 16.7 Å². The molecule has 0 heterocycles. The zero-order valence-corrected chi connectivity index (χ0v) is 10.4. The van der Waals surface area contributed by atoms with E-state index in [1.54, 1.807) is 11.8 Å². The Kier molecular flexibility index (Phi) is 2.78. The van der Waals surface area contributed by atoms with Gasteiger partial charge in [-0.15, -0.1) is 11.8 Å². The predicted molar refractivity (Wildman–Crippen MR) is 63.1 cm³/mol. The van der Waals surface area contributed by atoms with E-state index in [2.05, 4.69) is 13.8 Å². The minimum atomic E-state index is -0.680. The lowest BCUT2D eigenvalue weighted by Crippen LogP contribution is -2.59. The molecule has 0 aliphatic heterocycles. The van der Waals surface area contributed by atoms with Gasteiger partial charge in [-0.1, -0.05) is 20.3 Å². The van der Waals surface area contributed by atoms with E-state index in [9.17, 15) is 4.79 Å². The molecule has 3 fully saturated rings. The zero-order chi connectivity index (χ0) is 11.1. The maximum Gasteiger partial charge on any atom is 0.313 e. The third-order valence-electron chi connectivity index (χ3n) is 4.84. The predicted octanol–water partition coefficient (Wildman–Crippen LogP) is 3.02. The minimum Gasteiger partial charge on any atom is -0.481 e. The van der Waals surface area contributed by atoms with Gasteiger partial charge in [-0.25, -0.2) is 0 Å². The first-order chi connectivity index (χ1) is 6.98. The highest BCUT2D eigenvalue weighted by Gasteiger charge is 2.60. The number of hydrogen-bond donors (Lipinski definition) is 1. The molecule has 0 amide bonds. The van der Waals surface area contributed by atoms with Crippen LogP contribution in [0.2, 0.25) is 0 Å². The summed E-state index contributed by atoms with van der Waals surface area (Å²) in [5.41, 5.74) is 0.910. The summed E-state index contributed by atoms with van der Waals surface area (Å²) in [5.74, 6) is 1.53. The van der Waals surface area contributed by atoms with Crippen molar-refractivity contribution in [3.63, 3.8) is 0 Å². The summed E-state index contributed by atoms with van der Waals surface area (Å²) >= 11 is 1.61. The standard InChI is InChI=1S/C12H20O2S/c1-11(2)9-4-3-5-12(11,6-9)8-15-7-10(13)14/h9H,3-8H2,1-2H3,(H,13,14). The van der Waals surface area contributed by atoms with Crippen molar-refractivity contribution in [3.05, 3.63) is 0 Å². The summed E-state index contributed by atoms with van der Waals surface area (Å²) in [7, 11) is 0. The Labute approximate surface area is 95.8 Å². The summed E-state index contributed by atoms with van der Waals surface area (Å²) in [5, 5.41) is 8.65. The first-order valence-corrected chi connectivity index (χ1v) is 6.93. The maximum absolute atomic E-state index is 10.5. The van der Waals surface area contributed by atoms with Gasteiger partial charge in [-0.3, -0.25) is 4.79 Å². The second kappa shape index (κ2) is 3.69. The van der Waals surface area contributed by atoms with Gasteiger partial charge in [0.25, 0.3) is 0 Å². The van der Waals surface area contributed by atoms with Gasteiger partial charge in [0.1, 0.15) is 0 Å². The Bertz CT molecular complexity index is 271. The van der Waals surface area contributed by atoms with Crippen molar-refractivity contribution >= 4 is 17.7 Å². The van der Waals surface area contributed by atoms with E-state index in [1.165, 1.54) is 25.7 Å². The maximum atomic E-state index is 10.5. The van der Waals surface area contributed by atoms with Crippen molar-refractivity contribution in [2.75, 3.05) is 11.5 Å². The van der Waals surface area contributed by atoms with E-state index in [0.29, 0.717) is 10.8 Å². The van der Waals surface area contributed by atoms with Gasteiger partial charge in [0.2, 0.25) is 0 Å². The molecule has 0 spiro atoms. The van der Waals surface area contributed by atoms with Crippen LogP contribution in [-0.4, -0.2) is 22.6 Å². The zero-order valence-electron chi connectivity index (χ0n) is 9.58. The average Bonchev–Trinajstić information content (AvgIpc) is 2.17. The molecule has 2 bridgehead atoms. The lowest BCUT2D eigenvalue weighted by atomic mass is 9.40. The average molecular weight is 228 g/mol. The fraction of sp³-hybridized carbons (Fsp3) is 0.917. The van der Waals surface area contributed by atoms with Crippen molar-refractivity contribution in [1.82, 2.24) is 0 Å². The van der Waals surface area contributed by atoms with Crippen molar-refractivity contribution in [1.29, 1.82) is 0 Å². The molecule has 0 saturated heterocycles. The fourth-order valence-electron chi connectivity index (χ4n) is 3.52. The number of carboxylic acids is 1. The van der Waals surface area contributed by atoms with Crippen LogP contribution in [0.1, 0.15) is 39.5 Å². The van der Waals surface area contributed by atoms with Crippen LogP contribution in [0, 0.1) is 16.7 Å². The summed E-state index contributed by atoms with van der Waals surface area (Å²) in [6.45, 7) is 4.75. The van der Waals surface area contributed by atoms with Gasteiger partial charge in [0, 0.05) is 5.75 Å². The van der Waals surface area contributed by atoms with Crippen molar-refractivity contribution in [3.8, 4) is 0 Å². The van der Waals surface area contributed by atoms with E-state index in [-0.39, 0.29) is 5.75 Å². The highest BCUT2D eigenvalue weighted by atomic mass is 32.2. The van der Waals surface area contributed by atoms with Gasteiger partial charge in [0.05, 0.1) is 5.75 Å². The molecule has 2 atom stereocenters. The lowest BCUT2D eigenvalue weighted by molar-refractivity contribution is -0.144. The Balaban J connectivity index is 1.92. The molecule has 0 radical (unpaired) electrons. The molecule has 2 unspecified atom stereocenters. The fourth-order valence-corrected chi connectivity index (χ4v) is 4.82. The molecule has 3 saturated carbocycles. The molecule has 86 valence electrons. The second-order valence-corrected chi connectivity index (χ2v) is 6.67. The molecule has 0 aromatic heterocycles. The molecular formula is C12H20O2S. The third kappa shape index (κ3) is 1.69. The molecule has 0 aromatic rings. The van der Waals surface area contributed by atoms with Gasteiger partial charge in [-0.2, -0.15) is 0 Å². The molecule has 15 heavy (non-hydrogen) atoms. The first-order valence-electron chi connectivity index (χ1n) is 5.77. The van der Waals surface area contributed by atoms with Crippen LogP contribution in [0.3, 0.4) is 0 Å². The summed E-state index contributed by atoms with van der Waals surface area (Å²) in [4.78, 5) is 10.5. The van der Waals surface area contributed by atoms with E-state index in [1.807, 2.05) is 0 Å². The monoisotopic (exact) mass is 228 g/mol. The van der Waals surface area contributed by atoms with E-state index < -0.39 is 5.97 Å². The highest BCUT2D eigenvalue weighted by molar-refractivity contribution is 7.99. The summed E-state index contributed by atoms with van der Waals surface area (Å²) in [6, 6.07) is 0. The minimum absolute atomic E-state index is 0.266. The number of carboxylic acid groups (broad SMARTS) is 1. The third-order valence-corrected chi connectivity index (χ3v) is 6.04. The number of fused-ring (bicyclic) bond motifs is 2. The summed E-state index contributed by atoms with van der Waals surface area (Å²) < 4.78 is 0. The normalized spacial score (nSPS) is 37.1. The number of hydrogen-bond acceptors (Lipinski definition) is 2. The van der Waals surface area contributed by atoms with Crippen molar-refractivity contribution in [2.45, 2.75) is 39.5 Å². The van der Waals surface area contributed by atoms with E-state index >= 15 is 0 Å². The number of thioether (sulfide) groups is 1. The lowest BCUT2D eigenvalue weighted by Gasteiger charge is -2.66. The molecule has 0 aromatic carbocycles. The largest absolute Gasteiger partial charge is 0.481 e. The van der Waals surface area contributed by atoms with Crippen LogP contribution in [0.25, 0.3) is 0 Å². The topological polar surface area (TPSA) is 37.3 Å². The Morgan fingerprint density at radius 1 is 1.53 bits per heavy atom. The van der Waals surface area contributed by atoms with Gasteiger partial charge in [0.15, 0.2) is 0 Å². The molecule has 2 nitrogen and oxygen atoms in total. The van der Waals surface area contributed by atoms with Crippen LogP contribution in [0.15, 0.2) is 0 Å². The second-order valence-electron chi connectivity index (χ2n) is 5.68. The summed E-state index contributed by atoms with van der Waals surface area (Å²) in [6.07, 6.45) is 5.38. The van der Waals surface area contributed by atoms with Crippen LogP contribution in [-0.2, 0) is 4.79 Å². The molecule has 3 rings (SSSR count). The quantitative estimate of drug-likeness (QED) is 0.803. The Morgan fingerprint density at radius 2 is 2.27 bits per heavy atom. The molecule has 3 heteroatoms. The molecule has 1 N–H and O–H groups in total. The Hall–Kier alpha value is -0.180. The number of carbonyl (C=O) groups is 1. The molecule has 3 aliphatic carbocycles. The SMILES string of the molecule is CC1(C)C2CCCC1(CSCC(=O)O)C2. The van der Waals surface area contributed by atoms with Crippen LogP contribution < -0.4 is 0 Å². The smallest absolute Gasteiger partial charge is 0.313 e.